The minimum atomic E-state index is -1.95. The molecule has 0 saturated carbocycles. The Hall–Kier alpha value is -2.41. The van der Waals surface area contributed by atoms with Gasteiger partial charge in [-0.2, -0.15) is 0 Å². The maximum absolute atomic E-state index is 11.6. The van der Waals surface area contributed by atoms with E-state index < -0.39 is 14.3 Å². The zero-order chi connectivity index (χ0) is 25.8. The number of aromatic carboxylic acids is 1. The van der Waals surface area contributed by atoms with E-state index in [4.69, 9.17) is 21.0 Å². The number of hydrogen-bond acceptors (Lipinski definition) is 3. The lowest BCUT2D eigenvalue weighted by molar-refractivity contribution is 0.0697. The number of aromatic nitrogens is 2. The molecule has 5 nitrogen and oxygen atoms in total. The fourth-order valence-corrected chi connectivity index (χ4v) is 4.90. The number of carboxylic acid groups (broad SMARTS) is 1. The van der Waals surface area contributed by atoms with Crippen molar-refractivity contribution in [3.63, 3.8) is 0 Å². The molecule has 1 N–H and O–H groups in total. The smallest absolute Gasteiger partial charge is 0.336 e. The third-order valence-corrected chi connectivity index (χ3v) is 11.8. The van der Waals surface area contributed by atoms with E-state index in [0.29, 0.717) is 29.4 Å². The third kappa shape index (κ3) is 6.43. The molecule has 2 aromatic carbocycles. The lowest BCUT2D eigenvalue weighted by atomic mass is 9.99. The van der Waals surface area contributed by atoms with E-state index in [-0.39, 0.29) is 5.04 Å². The monoisotopic (exact) mass is 512 g/mol. The van der Waals surface area contributed by atoms with Crippen LogP contribution in [0.5, 0.6) is 0 Å². The Morgan fingerprint density at radius 3 is 2.37 bits per heavy atom. The van der Waals surface area contributed by atoms with E-state index >= 15 is 0 Å². The Morgan fingerprint density at radius 1 is 1.11 bits per heavy atom. The Bertz CT molecular complexity index is 1160. The molecule has 0 bridgehead atoms. The van der Waals surface area contributed by atoms with Gasteiger partial charge in [-0.1, -0.05) is 88.2 Å². The molecule has 1 aromatic heterocycles. The Balaban J connectivity index is 1.90. The molecule has 0 saturated heterocycles. The average molecular weight is 513 g/mol. The zero-order valence-electron chi connectivity index (χ0n) is 21.7. The number of imidazole rings is 1. The van der Waals surface area contributed by atoms with E-state index in [1.54, 1.807) is 12.1 Å². The van der Waals surface area contributed by atoms with Gasteiger partial charge in [0, 0.05) is 13.0 Å². The van der Waals surface area contributed by atoms with Crippen molar-refractivity contribution in [2.24, 2.45) is 0 Å². The lowest BCUT2D eigenvalue weighted by Gasteiger charge is -2.36. The quantitative estimate of drug-likeness (QED) is 0.281. The fraction of sp³-hybridized carbons (Fsp3) is 0.429. The molecule has 0 radical (unpaired) electrons. The number of unbranched alkanes of at least 4 members (excludes halogenated alkanes) is 1. The van der Waals surface area contributed by atoms with Gasteiger partial charge in [-0.3, -0.25) is 0 Å². The molecule has 188 valence electrons. The molecule has 1 heterocycles. The highest BCUT2D eigenvalue weighted by molar-refractivity contribution is 6.74. The van der Waals surface area contributed by atoms with E-state index in [1.807, 2.05) is 36.4 Å². The standard InChI is InChI=1S/C28H37ClN2O3Si/c1-7-8-13-25-30-26(29)24(19-34-35(5,6)28(2,3)4)31(25)18-20-14-16-21(17-15-20)22-11-9-10-12-23(22)27(32)33/h9-12,14-17H,7-8,13,18-19H2,1-6H3,(H,32,33). The minimum Gasteiger partial charge on any atom is -0.478 e. The first-order valence-corrected chi connectivity index (χ1v) is 15.5. The summed E-state index contributed by atoms with van der Waals surface area (Å²) in [4.78, 5) is 16.3. The molecule has 0 aliphatic heterocycles. The number of aryl methyl sites for hydroxylation is 1. The van der Waals surface area contributed by atoms with Gasteiger partial charge >= 0.3 is 5.97 Å². The summed E-state index contributed by atoms with van der Waals surface area (Å²) in [6.45, 7) is 14.4. The summed E-state index contributed by atoms with van der Waals surface area (Å²) < 4.78 is 8.71. The second-order valence-electron chi connectivity index (χ2n) is 10.6. The molecule has 0 aliphatic rings. The first kappa shape index (κ1) is 27.2. The van der Waals surface area contributed by atoms with Crippen molar-refractivity contribution in [2.45, 2.75) is 78.2 Å². The Kier molecular flexibility index (Phi) is 8.62. The highest BCUT2D eigenvalue weighted by Crippen LogP contribution is 2.37. The number of halogens is 1. The SMILES string of the molecule is CCCCc1nc(Cl)c(CO[Si](C)(C)C(C)(C)C)n1Cc1ccc(-c2ccccc2C(=O)O)cc1. The maximum atomic E-state index is 11.6. The van der Waals surface area contributed by atoms with Crippen LogP contribution in [0.2, 0.25) is 23.3 Å². The third-order valence-electron chi connectivity index (χ3n) is 7.00. The summed E-state index contributed by atoms with van der Waals surface area (Å²) in [5, 5.41) is 10.2. The summed E-state index contributed by atoms with van der Waals surface area (Å²) in [5.41, 5.74) is 3.91. The van der Waals surface area contributed by atoms with E-state index in [0.717, 1.165) is 41.9 Å². The lowest BCUT2D eigenvalue weighted by Crippen LogP contribution is -2.40. The minimum absolute atomic E-state index is 0.109. The van der Waals surface area contributed by atoms with Gasteiger partial charge in [0.1, 0.15) is 5.82 Å². The first-order chi connectivity index (χ1) is 16.4. The van der Waals surface area contributed by atoms with Crippen LogP contribution in [0, 0.1) is 0 Å². The van der Waals surface area contributed by atoms with Gasteiger partial charge in [0.2, 0.25) is 0 Å². The second-order valence-corrected chi connectivity index (χ2v) is 15.7. The largest absolute Gasteiger partial charge is 0.478 e. The van der Waals surface area contributed by atoms with Crippen molar-refractivity contribution in [2.75, 3.05) is 0 Å². The number of rotatable bonds is 10. The molecule has 0 unspecified atom stereocenters. The van der Waals surface area contributed by atoms with Crippen LogP contribution in [-0.2, 0) is 24.0 Å². The van der Waals surface area contributed by atoms with Crippen LogP contribution in [0.15, 0.2) is 48.5 Å². The first-order valence-electron chi connectivity index (χ1n) is 12.2. The fourth-order valence-electron chi connectivity index (χ4n) is 3.71. The number of carboxylic acids is 1. The van der Waals surface area contributed by atoms with E-state index in [1.165, 1.54) is 0 Å². The van der Waals surface area contributed by atoms with Crippen LogP contribution in [0.1, 0.15) is 68.0 Å². The van der Waals surface area contributed by atoms with Crippen LogP contribution >= 0.6 is 11.6 Å². The summed E-state index contributed by atoms with van der Waals surface area (Å²) in [6, 6.07) is 15.1. The van der Waals surface area contributed by atoms with Crippen molar-refractivity contribution in [3.05, 3.63) is 76.3 Å². The molecule has 3 aromatic rings. The molecule has 7 heteroatoms. The van der Waals surface area contributed by atoms with Gasteiger partial charge in [0.25, 0.3) is 0 Å². The number of nitrogens with zero attached hydrogens (tertiary/aromatic N) is 2. The molecule has 0 aliphatic carbocycles. The van der Waals surface area contributed by atoms with Crippen LogP contribution in [0.3, 0.4) is 0 Å². The number of hydrogen-bond donors (Lipinski definition) is 1. The van der Waals surface area contributed by atoms with Crippen molar-refractivity contribution in [1.82, 2.24) is 9.55 Å². The molecule has 0 atom stereocenters. The van der Waals surface area contributed by atoms with Crippen molar-refractivity contribution < 1.29 is 14.3 Å². The zero-order valence-corrected chi connectivity index (χ0v) is 23.4. The highest BCUT2D eigenvalue weighted by atomic mass is 35.5. The van der Waals surface area contributed by atoms with Gasteiger partial charge in [0.05, 0.1) is 17.9 Å². The summed E-state index contributed by atoms with van der Waals surface area (Å²) in [7, 11) is -1.95. The predicted octanol–water partition coefficient (Wildman–Crippen LogP) is 7.81. The molecule has 35 heavy (non-hydrogen) atoms. The average Bonchev–Trinajstić information content (AvgIpc) is 3.10. The molecular weight excluding hydrogens is 476 g/mol. The predicted molar refractivity (Wildman–Crippen MR) is 146 cm³/mol. The highest BCUT2D eigenvalue weighted by Gasteiger charge is 2.37. The van der Waals surface area contributed by atoms with Crippen LogP contribution in [-0.4, -0.2) is 28.9 Å². The molecule has 0 fully saturated rings. The van der Waals surface area contributed by atoms with Crippen LogP contribution in [0.4, 0.5) is 0 Å². The van der Waals surface area contributed by atoms with Crippen LogP contribution in [0.25, 0.3) is 11.1 Å². The van der Waals surface area contributed by atoms with Gasteiger partial charge in [-0.25, -0.2) is 9.78 Å². The molecule has 0 spiro atoms. The topological polar surface area (TPSA) is 64.4 Å². The Labute approximate surface area is 215 Å². The number of carbonyl (C=O) groups is 1. The van der Waals surface area contributed by atoms with Gasteiger partial charge in [-0.05, 0) is 47.3 Å². The molecule has 3 rings (SSSR count). The molecule has 0 amide bonds. The molecular formula is C28H37ClN2O3Si. The van der Waals surface area contributed by atoms with Crippen molar-refractivity contribution in [1.29, 1.82) is 0 Å². The number of benzene rings is 2. The van der Waals surface area contributed by atoms with E-state index in [2.05, 4.69) is 45.4 Å². The summed E-state index contributed by atoms with van der Waals surface area (Å²) >= 11 is 6.64. The maximum Gasteiger partial charge on any atom is 0.336 e. The summed E-state index contributed by atoms with van der Waals surface area (Å²) in [6.07, 6.45) is 2.99. The normalized spacial score (nSPS) is 12.2. The van der Waals surface area contributed by atoms with Gasteiger partial charge < -0.3 is 14.1 Å². The summed E-state index contributed by atoms with van der Waals surface area (Å²) in [5.74, 6) is 0.0515. The Morgan fingerprint density at radius 2 is 1.77 bits per heavy atom. The van der Waals surface area contributed by atoms with Gasteiger partial charge in [-0.15, -0.1) is 0 Å². The van der Waals surface area contributed by atoms with Gasteiger partial charge in [0.15, 0.2) is 13.5 Å². The van der Waals surface area contributed by atoms with Crippen molar-refractivity contribution in [3.8, 4) is 11.1 Å². The second kappa shape index (κ2) is 11.1. The van der Waals surface area contributed by atoms with Crippen LogP contribution < -0.4 is 0 Å². The van der Waals surface area contributed by atoms with E-state index in [9.17, 15) is 9.90 Å². The van der Waals surface area contributed by atoms with Crippen molar-refractivity contribution >= 4 is 25.9 Å².